The Balaban J connectivity index is 2.23. The van der Waals surface area contributed by atoms with Gasteiger partial charge in [-0.2, -0.15) is 0 Å². The summed E-state index contributed by atoms with van der Waals surface area (Å²) in [6, 6.07) is 15.3. The number of oxime groups is 1. The minimum absolute atomic E-state index is 0.0370. The van der Waals surface area contributed by atoms with Crippen LogP contribution in [-0.4, -0.2) is 19.1 Å². The second-order valence-electron chi connectivity index (χ2n) is 4.42. The lowest BCUT2D eigenvalue weighted by Crippen LogP contribution is -2.20. The molecule has 2 aromatic carbocycles. The van der Waals surface area contributed by atoms with E-state index in [1.54, 1.807) is 6.21 Å². The van der Waals surface area contributed by atoms with Crippen LogP contribution in [0.25, 0.3) is 0 Å². The molecule has 0 saturated carbocycles. The number of carbonyl (C=O) groups excluding carboxylic acids is 1. The van der Waals surface area contributed by atoms with Crippen molar-refractivity contribution in [2.24, 2.45) is 5.16 Å². The van der Waals surface area contributed by atoms with E-state index in [0.717, 1.165) is 22.3 Å². The fourth-order valence-corrected chi connectivity index (χ4v) is 2.54. The average molecular weight is 251 g/mol. The summed E-state index contributed by atoms with van der Waals surface area (Å²) < 4.78 is 0. The van der Waals surface area contributed by atoms with Crippen LogP contribution in [0.2, 0.25) is 0 Å². The molecule has 0 radical (unpaired) electrons. The van der Waals surface area contributed by atoms with E-state index in [1.165, 1.54) is 7.11 Å². The van der Waals surface area contributed by atoms with E-state index < -0.39 is 0 Å². The van der Waals surface area contributed by atoms with Gasteiger partial charge in [0.25, 0.3) is 0 Å². The Kier molecular flexibility index (Phi) is 2.88. The van der Waals surface area contributed by atoms with Gasteiger partial charge >= 0.3 is 0 Å². The topological polar surface area (TPSA) is 38.7 Å². The Bertz CT molecular complexity index is 612. The number of rotatable bonds is 2. The second kappa shape index (κ2) is 4.69. The van der Waals surface area contributed by atoms with Crippen LogP contribution < -0.4 is 0 Å². The summed E-state index contributed by atoms with van der Waals surface area (Å²) in [6.07, 6.45) is 1.74. The Morgan fingerprint density at radius 2 is 1.53 bits per heavy atom. The highest BCUT2D eigenvalue weighted by atomic mass is 16.6. The normalized spacial score (nSPS) is 14.3. The van der Waals surface area contributed by atoms with E-state index in [2.05, 4.69) is 5.16 Å². The minimum Gasteiger partial charge on any atom is -0.399 e. The molecule has 1 aliphatic rings. The van der Waals surface area contributed by atoms with Crippen LogP contribution in [0, 0.1) is 0 Å². The lowest BCUT2D eigenvalue weighted by molar-refractivity contribution is 0.103. The standard InChI is InChI=1S/C16H13NO2/c1-19-17-10-15-11-6-2-4-8-13(11)16(18)14-9-5-3-7-12(14)15/h2-10,15H,1H3/b17-10+. The summed E-state index contributed by atoms with van der Waals surface area (Å²) in [5.41, 5.74) is 3.45. The van der Waals surface area contributed by atoms with Gasteiger partial charge in [-0.05, 0) is 11.1 Å². The van der Waals surface area contributed by atoms with Crippen LogP contribution in [0.3, 0.4) is 0 Å². The first-order valence-electron chi connectivity index (χ1n) is 6.12. The van der Waals surface area contributed by atoms with Crippen LogP contribution in [0.1, 0.15) is 33.0 Å². The van der Waals surface area contributed by atoms with E-state index >= 15 is 0 Å². The smallest absolute Gasteiger partial charge is 0.193 e. The average Bonchev–Trinajstić information content (AvgIpc) is 2.47. The van der Waals surface area contributed by atoms with E-state index in [0.29, 0.717) is 0 Å². The van der Waals surface area contributed by atoms with Gasteiger partial charge in [-0.25, -0.2) is 0 Å². The molecule has 94 valence electrons. The summed E-state index contributed by atoms with van der Waals surface area (Å²) in [7, 11) is 1.52. The van der Waals surface area contributed by atoms with Crippen molar-refractivity contribution in [3.8, 4) is 0 Å². The molecule has 3 nitrogen and oxygen atoms in total. The van der Waals surface area contributed by atoms with Gasteiger partial charge < -0.3 is 4.84 Å². The van der Waals surface area contributed by atoms with Crippen molar-refractivity contribution in [3.05, 3.63) is 70.8 Å². The maximum Gasteiger partial charge on any atom is 0.193 e. The molecule has 0 atom stereocenters. The molecule has 0 bridgehead atoms. The fraction of sp³-hybridized carbons (Fsp3) is 0.125. The summed E-state index contributed by atoms with van der Waals surface area (Å²) >= 11 is 0. The summed E-state index contributed by atoms with van der Waals surface area (Å²) in [4.78, 5) is 17.2. The number of hydrogen-bond acceptors (Lipinski definition) is 3. The zero-order valence-corrected chi connectivity index (χ0v) is 10.5. The molecule has 2 aromatic rings. The number of fused-ring (bicyclic) bond motifs is 2. The van der Waals surface area contributed by atoms with Gasteiger partial charge in [0, 0.05) is 17.0 Å². The third kappa shape index (κ3) is 1.83. The van der Waals surface area contributed by atoms with Gasteiger partial charge in [0.15, 0.2) is 5.78 Å². The van der Waals surface area contributed by atoms with Crippen molar-refractivity contribution >= 4 is 12.0 Å². The Labute approximate surface area is 111 Å². The molecule has 0 fully saturated rings. The molecule has 3 rings (SSSR count). The predicted octanol–water partition coefficient (Wildman–Crippen LogP) is 3.00. The van der Waals surface area contributed by atoms with Crippen molar-refractivity contribution < 1.29 is 9.63 Å². The highest BCUT2D eigenvalue weighted by Crippen LogP contribution is 2.35. The maximum absolute atomic E-state index is 12.5. The Hall–Kier alpha value is -2.42. The van der Waals surface area contributed by atoms with Crippen LogP contribution in [0.15, 0.2) is 53.7 Å². The van der Waals surface area contributed by atoms with Gasteiger partial charge in [-0.3, -0.25) is 4.79 Å². The van der Waals surface area contributed by atoms with Crippen LogP contribution in [-0.2, 0) is 4.84 Å². The van der Waals surface area contributed by atoms with E-state index in [1.807, 2.05) is 48.5 Å². The minimum atomic E-state index is -0.0370. The molecule has 19 heavy (non-hydrogen) atoms. The molecule has 0 unspecified atom stereocenters. The Morgan fingerprint density at radius 3 is 2.05 bits per heavy atom. The number of ketones is 1. The van der Waals surface area contributed by atoms with Crippen molar-refractivity contribution in [2.75, 3.05) is 7.11 Å². The highest BCUT2D eigenvalue weighted by Gasteiger charge is 2.29. The highest BCUT2D eigenvalue weighted by molar-refractivity contribution is 6.14. The monoisotopic (exact) mass is 251 g/mol. The molecule has 0 N–H and O–H groups in total. The van der Waals surface area contributed by atoms with Crippen molar-refractivity contribution in [2.45, 2.75) is 5.92 Å². The van der Waals surface area contributed by atoms with Crippen molar-refractivity contribution in [3.63, 3.8) is 0 Å². The lowest BCUT2D eigenvalue weighted by Gasteiger charge is -2.24. The number of carbonyl (C=O) groups is 1. The van der Waals surface area contributed by atoms with Gasteiger partial charge in [-0.1, -0.05) is 53.7 Å². The second-order valence-corrected chi connectivity index (χ2v) is 4.42. The third-order valence-corrected chi connectivity index (χ3v) is 3.40. The van der Waals surface area contributed by atoms with Crippen molar-refractivity contribution in [1.29, 1.82) is 0 Å². The number of benzene rings is 2. The molecule has 1 aliphatic carbocycles. The Morgan fingerprint density at radius 1 is 1.00 bits per heavy atom. The first-order valence-corrected chi connectivity index (χ1v) is 6.12. The van der Waals surface area contributed by atoms with E-state index in [9.17, 15) is 4.79 Å². The fourth-order valence-electron chi connectivity index (χ4n) is 2.54. The van der Waals surface area contributed by atoms with E-state index in [4.69, 9.17) is 4.84 Å². The van der Waals surface area contributed by atoms with Gasteiger partial charge in [0.1, 0.15) is 7.11 Å². The van der Waals surface area contributed by atoms with E-state index in [-0.39, 0.29) is 11.7 Å². The molecular weight excluding hydrogens is 238 g/mol. The molecule has 3 heteroatoms. The largest absolute Gasteiger partial charge is 0.399 e. The summed E-state index contributed by atoms with van der Waals surface area (Å²) in [6.45, 7) is 0. The first kappa shape index (κ1) is 11.7. The van der Waals surface area contributed by atoms with Crippen LogP contribution in [0.5, 0.6) is 0 Å². The maximum atomic E-state index is 12.5. The summed E-state index contributed by atoms with van der Waals surface area (Å²) in [5, 5.41) is 3.88. The first-order chi connectivity index (χ1) is 9.33. The molecule has 0 aliphatic heterocycles. The zero-order chi connectivity index (χ0) is 13.2. The van der Waals surface area contributed by atoms with Crippen molar-refractivity contribution in [1.82, 2.24) is 0 Å². The molecule has 0 heterocycles. The summed E-state index contributed by atoms with van der Waals surface area (Å²) in [5.74, 6) is 0.0401. The molecule has 0 amide bonds. The van der Waals surface area contributed by atoms with Crippen LogP contribution in [0.4, 0.5) is 0 Å². The van der Waals surface area contributed by atoms with Gasteiger partial charge in [-0.15, -0.1) is 0 Å². The van der Waals surface area contributed by atoms with Crippen LogP contribution >= 0.6 is 0 Å². The lowest BCUT2D eigenvalue weighted by atomic mass is 9.78. The SMILES string of the molecule is CO/N=C/C1c2ccccc2C(=O)c2ccccc21. The zero-order valence-electron chi connectivity index (χ0n) is 10.5. The molecule has 0 spiro atoms. The number of hydrogen-bond donors (Lipinski definition) is 0. The van der Waals surface area contributed by atoms with Gasteiger partial charge in [0.2, 0.25) is 0 Å². The quantitative estimate of drug-likeness (QED) is 0.608. The predicted molar refractivity (Wildman–Crippen MR) is 73.7 cm³/mol. The molecular formula is C16H13NO2. The molecule has 0 aromatic heterocycles. The third-order valence-electron chi connectivity index (χ3n) is 3.40. The molecule has 0 saturated heterocycles. The van der Waals surface area contributed by atoms with Gasteiger partial charge in [0.05, 0.1) is 6.21 Å². The number of nitrogens with zero attached hydrogens (tertiary/aromatic N) is 1.